The molecule has 15 heavy (non-hydrogen) atoms. The number of carbonyl (C=O) groups is 1. The summed E-state index contributed by atoms with van der Waals surface area (Å²) in [7, 11) is 0. The van der Waals surface area contributed by atoms with Crippen molar-refractivity contribution < 1.29 is 14.6 Å². The highest BCUT2D eigenvalue weighted by Crippen LogP contribution is 2.13. The minimum atomic E-state index is -0.00346. The Balaban J connectivity index is 2.59. The first-order chi connectivity index (χ1) is 7.27. The second kappa shape index (κ2) is 6.19. The number of ether oxygens (including phenoxy) is 1. The molecule has 3 heteroatoms. The normalized spacial score (nSPS) is 10.0. The SMILES string of the molecule is CCCC(=O)c1ccc(OCCO)cc1. The van der Waals surface area contributed by atoms with Crippen molar-refractivity contribution in [3.05, 3.63) is 29.8 Å². The maximum absolute atomic E-state index is 11.5. The molecule has 0 saturated carbocycles. The second-order valence-electron chi connectivity index (χ2n) is 3.27. The molecule has 1 rings (SSSR count). The maximum Gasteiger partial charge on any atom is 0.162 e. The Morgan fingerprint density at radius 1 is 1.33 bits per heavy atom. The zero-order chi connectivity index (χ0) is 11.1. The lowest BCUT2D eigenvalue weighted by Gasteiger charge is -2.04. The number of aliphatic hydroxyl groups excluding tert-OH is 1. The van der Waals surface area contributed by atoms with Gasteiger partial charge in [-0.1, -0.05) is 6.92 Å². The van der Waals surface area contributed by atoms with Crippen LogP contribution in [0, 0.1) is 0 Å². The predicted octanol–water partition coefficient (Wildman–Crippen LogP) is 2.04. The summed E-state index contributed by atoms with van der Waals surface area (Å²) in [5.74, 6) is 0.836. The smallest absolute Gasteiger partial charge is 0.162 e. The third-order valence-electron chi connectivity index (χ3n) is 2.01. The van der Waals surface area contributed by atoms with Crippen molar-refractivity contribution in [1.29, 1.82) is 0 Å². The average Bonchev–Trinajstić information content (AvgIpc) is 2.27. The van der Waals surface area contributed by atoms with Crippen LogP contribution < -0.4 is 4.74 Å². The van der Waals surface area contributed by atoms with Gasteiger partial charge in [-0.25, -0.2) is 0 Å². The van der Waals surface area contributed by atoms with Gasteiger partial charge in [0.25, 0.3) is 0 Å². The van der Waals surface area contributed by atoms with Crippen LogP contribution in [-0.4, -0.2) is 24.1 Å². The van der Waals surface area contributed by atoms with E-state index in [1.54, 1.807) is 24.3 Å². The average molecular weight is 208 g/mol. The Morgan fingerprint density at radius 2 is 2.00 bits per heavy atom. The quantitative estimate of drug-likeness (QED) is 0.728. The minimum absolute atomic E-state index is 0.00346. The van der Waals surface area contributed by atoms with E-state index in [1.165, 1.54) is 0 Å². The molecule has 0 atom stereocenters. The summed E-state index contributed by atoms with van der Waals surface area (Å²) in [4.78, 5) is 11.5. The highest BCUT2D eigenvalue weighted by atomic mass is 16.5. The van der Waals surface area contributed by atoms with Crippen molar-refractivity contribution in [3.8, 4) is 5.75 Å². The van der Waals surface area contributed by atoms with E-state index in [9.17, 15) is 4.79 Å². The predicted molar refractivity (Wildman–Crippen MR) is 58.3 cm³/mol. The van der Waals surface area contributed by atoms with Crippen molar-refractivity contribution in [1.82, 2.24) is 0 Å². The highest BCUT2D eigenvalue weighted by molar-refractivity contribution is 5.96. The Labute approximate surface area is 89.7 Å². The lowest BCUT2D eigenvalue weighted by molar-refractivity contribution is 0.0981. The third kappa shape index (κ3) is 3.72. The van der Waals surface area contributed by atoms with Gasteiger partial charge in [-0.2, -0.15) is 0 Å². The number of aliphatic hydroxyl groups is 1. The first-order valence-electron chi connectivity index (χ1n) is 5.15. The molecule has 0 aromatic heterocycles. The number of carbonyl (C=O) groups excluding carboxylic acids is 1. The van der Waals surface area contributed by atoms with Crippen LogP contribution in [0.5, 0.6) is 5.75 Å². The summed E-state index contributed by atoms with van der Waals surface area (Å²) in [6.45, 7) is 2.26. The molecule has 0 spiro atoms. The Hall–Kier alpha value is -1.35. The maximum atomic E-state index is 11.5. The number of benzene rings is 1. The number of Topliss-reactive ketones (excluding diaryl/α,β-unsaturated/α-hetero) is 1. The molecule has 82 valence electrons. The van der Waals surface area contributed by atoms with Crippen LogP contribution in [0.2, 0.25) is 0 Å². The van der Waals surface area contributed by atoms with E-state index in [0.717, 1.165) is 6.42 Å². The van der Waals surface area contributed by atoms with Crippen molar-refractivity contribution in [3.63, 3.8) is 0 Å². The molecule has 1 aromatic carbocycles. The summed E-state index contributed by atoms with van der Waals surface area (Å²) in [5, 5.41) is 8.56. The molecule has 0 aliphatic rings. The van der Waals surface area contributed by atoms with Gasteiger partial charge < -0.3 is 9.84 Å². The van der Waals surface area contributed by atoms with E-state index in [0.29, 0.717) is 17.7 Å². The summed E-state index contributed by atoms with van der Waals surface area (Å²) < 4.78 is 5.19. The van der Waals surface area contributed by atoms with Gasteiger partial charge in [0, 0.05) is 12.0 Å². The van der Waals surface area contributed by atoms with Gasteiger partial charge in [-0.3, -0.25) is 4.79 Å². The molecule has 0 heterocycles. The lowest BCUT2D eigenvalue weighted by atomic mass is 10.1. The Bertz CT molecular complexity index is 303. The van der Waals surface area contributed by atoms with Crippen LogP contribution in [0.15, 0.2) is 24.3 Å². The number of hydrogen-bond acceptors (Lipinski definition) is 3. The lowest BCUT2D eigenvalue weighted by Crippen LogP contribution is -2.02. The highest BCUT2D eigenvalue weighted by Gasteiger charge is 2.03. The fourth-order valence-corrected chi connectivity index (χ4v) is 1.27. The summed E-state index contributed by atoms with van der Waals surface area (Å²) >= 11 is 0. The van der Waals surface area contributed by atoms with E-state index >= 15 is 0 Å². The van der Waals surface area contributed by atoms with E-state index in [2.05, 4.69) is 0 Å². The molecular formula is C12H16O3. The van der Waals surface area contributed by atoms with Gasteiger partial charge in [0.15, 0.2) is 5.78 Å². The number of ketones is 1. The standard InChI is InChI=1S/C12H16O3/c1-2-3-12(14)10-4-6-11(7-5-10)15-9-8-13/h4-7,13H,2-3,8-9H2,1H3. The third-order valence-corrected chi connectivity index (χ3v) is 2.01. The molecule has 0 aliphatic heterocycles. The molecular weight excluding hydrogens is 192 g/mol. The molecule has 0 radical (unpaired) electrons. The van der Waals surface area contributed by atoms with E-state index in [1.807, 2.05) is 6.92 Å². The van der Waals surface area contributed by atoms with Crippen LogP contribution in [0.1, 0.15) is 30.1 Å². The fraction of sp³-hybridized carbons (Fsp3) is 0.417. The molecule has 0 amide bonds. The number of rotatable bonds is 6. The van der Waals surface area contributed by atoms with Crippen molar-refractivity contribution >= 4 is 5.78 Å². The van der Waals surface area contributed by atoms with Gasteiger partial charge in [0.2, 0.25) is 0 Å². The molecule has 1 N–H and O–H groups in total. The molecule has 0 fully saturated rings. The van der Waals surface area contributed by atoms with Gasteiger partial charge in [0.1, 0.15) is 12.4 Å². The van der Waals surface area contributed by atoms with Gasteiger partial charge >= 0.3 is 0 Å². The summed E-state index contributed by atoms with van der Waals surface area (Å²) in [5.41, 5.74) is 0.716. The first kappa shape index (κ1) is 11.7. The molecule has 0 saturated heterocycles. The summed E-state index contributed by atoms with van der Waals surface area (Å²) in [6.07, 6.45) is 1.44. The molecule has 0 unspecified atom stereocenters. The van der Waals surface area contributed by atoms with Crippen LogP contribution >= 0.6 is 0 Å². The van der Waals surface area contributed by atoms with Gasteiger partial charge in [0.05, 0.1) is 6.61 Å². The monoisotopic (exact) mass is 208 g/mol. The fourth-order valence-electron chi connectivity index (χ4n) is 1.27. The summed E-state index contributed by atoms with van der Waals surface area (Å²) in [6, 6.07) is 7.01. The number of hydrogen-bond donors (Lipinski definition) is 1. The topological polar surface area (TPSA) is 46.5 Å². The minimum Gasteiger partial charge on any atom is -0.491 e. The Kier molecular flexibility index (Phi) is 4.84. The van der Waals surface area contributed by atoms with Crippen molar-refractivity contribution in [2.75, 3.05) is 13.2 Å². The molecule has 0 aliphatic carbocycles. The second-order valence-corrected chi connectivity index (χ2v) is 3.27. The van der Waals surface area contributed by atoms with Crippen molar-refractivity contribution in [2.24, 2.45) is 0 Å². The zero-order valence-electron chi connectivity index (χ0n) is 8.90. The van der Waals surface area contributed by atoms with E-state index < -0.39 is 0 Å². The Morgan fingerprint density at radius 3 is 2.53 bits per heavy atom. The van der Waals surface area contributed by atoms with Crippen LogP contribution in [0.4, 0.5) is 0 Å². The van der Waals surface area contributed by atoms with Crippen molar-refractivity contribution in [2.45, 2.75) is 19.8 Å². The van der Waals surface area contributed by atoms with Crippen LogP contribution in [-0.2, 0) is 0 Å². The molecule has 1 aromatic rings. The molecule has 3 nitrogen and oxygen atoms in total. The van der Waals surface area contributed by atoms with Crippen LogP contribution in [0.3, 0.4) is 0 Å². The first-order valence-corrected chi connectivity index (χ1v) is 5.15. The molecule has 0 bridgehead atoms. The van der Waals surface area contributed by atoms with Crippen LogP contribution in [0.25, 0.3) is 0 Å². The van der Waals surface area contributed by atoms with E-state index in [-0.39, 0.29) is 19.0 Å². The largest absolute Gasteiger partial charge is 0.491 e. The van der Waals surface area contributed by atoms with Gasteiger partial charge in [-0.15, -0.1) is 0 Å². The van der Waals surface area contributed by atoms with Gasteiger partial charge in [-0.05, 0) is 30.7 Å². The van der Waals surface area contributed by atoms with E-state index in [4.69, 9.17) is 9.84 Å². The zero-order valence-corrected chi connectivity index (χ0v) is 8.90.